The summed E-state index contributed by atoms with van der Waals surface area (Å²) in [5.74, 6) is 2.44. The third kappa shape index (κ3) is 4.47. The van der Waals surface area contributed by atoms with Crippen LogP contribution in [0.15, 0.2) is 0 Å². The molecule has 3 nitrogen and oxygen atoms in total. The number of aliphatic hydroxyl groups excluding tert-OH is 1. The Morgan fingerprint density at radius 1 is 0.731 bits per heavy atom. The molecule has 4 rings (SSSR count). The third-order valence-corrected chi connectivity index (χ3v) is 8.44. The second-order valence-corrected chi connectivity index (χ2v) is 10.2. The highest BCUT2D eigenvalue weighted by Gasteiger charge is 2.47. The predicted molar refractivity (Wildman–Crippen MR) is 108 cm³/mol. The van der Waals surface area contributed by atoms with E-state index >= 15 is 0 Å². The van der Waals surface area contributed by atoms with Crippen molar-refractivity contribution in [3.8, 4) is 0 Å². The van der Waals surface area contributed by atoms with Gasteiger partial charge in [0, 0.05) is 38.7 Å². The van der Waals surface area contributed by atoms with Crippen LogP contribution >= 0.6 is 0 Å². The van der Waals surface area contributed by atoms with E-state index in [0.717, 1.165) is 18.4 Å². The van der Waals surface area contributed by atoms with Crippen LogP contribution in [-0.4, -0.2) is 60.8 Å². The van der Waals surface area contributed by atoms with Crippen LogP contribution in [0.5, 0.6) is 0 Å². The molecule has 1 N–H and O–H groups in total. The summed E-state index contributed by atoms with van der Waals surface area (Å²) < 4.78 is 0. The number of nitrogens with zero attached hydrogens (tertiary/aromatic N) is 2. The summed E-state index contributed by atoms with van der Waals surface area (Å²) in [7, 11) is 0. The molecule has 1 atom stereocenters. The van der Waals surface area contributed by atoms with Crippen LogP contribution in [0, 0.1) is 23.2 Å². The minimum absolute atomic E-state index is 0.407. The van der Waals surface area contributed by atoms with Crippen molar-refractivity contribution < 1.29 is 5.11 Å². The number of hydrogen-bond donors (Lipinski definition) is 1. The Kier molecular flexibility index (Phi) is 6.59. The second-order valence-electron chi connectivity index (χ2n) is 10.2. The van der Waals surface area contributed by atoms with Gasteiger partial charge >= 0.3 is 0 Å². The van der Waals surface area contributed by atoms with E-state index in [1.54, 1.807) is 0 Å². The zero-order valence-electron chi connectivity index (χ0n) is 17.0. The Labute approximate surface area is 161 Å². The first-order valence-corrected chi connectivity index (χ1v) is 11.8. The van der Waals surface area contributed by atoms with E-state index in [4.69, 9.17) is 0 Å². The van der Waals surface area contributed by atoms with E-state index in [0.29, 0.717) is 17.9 Å². The van der Waals surface area contributed by atoms with E-state index in [2.05, 4.69) is 9.80 Å². The van der Waals surface area contributed by atoms with Crippen LogP contribution in [0.1, 0.15) is 77.0 Å². The van der Waals surface area contributed by atoms with Gasteiger partial charge in [-0.3, -0.25) is 0 Å². The maximum absolute atomic E-state index is 10.1. The van der Waals surface area contributed by atoms with Gasteiger partial charge in [-0.25, -0.2) is 0 Å². The van der Waals surface area contributed by atoms with Crippen LogP contribution in [0.4, 0.5) is 0 Å². The average Bonchev–Trinajstić information content (AvgIpc) is 3.02. The number of likely N-dealkylation sites (tertiary alicyclic amines) is 2. The molecule has 0 aromatic rings. The van der Waals surface area contributed by atoms with Gasteiger partial charge < -0.3 is 14.9 Å². The lowest BCUT2D eigenvalue weighted by molar-refractivity contribution is 0.0420. The molecule has 0 radical (unpaired) electrons. The molecule has 0 amide bonds. The molecule has 2 saturated heterocycles. The lowest BCUT2D eigenvalue weighted by atomic mass is 9.71. The Balaban J connectivity index is 1.28. The van der Waals surface area contributed by atoms with Gasteiger partial charge in [-0.15, -0.1) is 0 Å². The number of hydrogen-bond acceptors (Lipinski definition) is 3. The predicted octanol–water partition coefficient (Wildman–Crippen LogP) is 4.15. The van der Waals surface area contributed by atoms with Crippen LogP contribution in [0.2, 0.25) is 0 Å². The summed E-state index contributed by atoms with van der Waals surface area (Å²) >= 11 is 0. The number of aliphatic hydroxyl groups is 1. The summed E-state index contributed by atoms with van der Waals surface area (Å²) in [6, 6.07) is 0. The lowest BCUT2D eigenvalue weighted by Gasteiger charge is -2.43. The highest BCUT2D eigenvalue weighted by molar-refractivity contribution is 5.00. The van der Waals surface area contributed by atoms with Gasteiger partial charge in [0.05, 0.1) is 0 Å². The van der Waals surface area contributed by atoms with Crippen molar-refractivity contribution in [1.82, 2.24) is 9.80 Å². The standard InChI is InChI=1S/C23H42N2O/c26-18-22-17-25(16-21-9-5-2-6-10-21)19-23(22)11-13-24(14-12-23)15-20-7-3-1-4-8-20/h20-22,26H,1-19H2. The van der Waals surface area contributed by atoms with E-state index in [1.807, 2.05) is 0 Å². The fraction of sp³-hybridized carbons (Fsp3) is 1.00. The second kappa shape index (κ2) is 8.92. The molecule has 3 heteroatoms. The molecular formula is C23H42N2O. The van der Waals surface area contributed by atoms with Crippen molar-refractivity contribution >= 4 is 0 Å². The first-order valence-electron chi connectivity index (χ1n) is 11.8. The molecule has 2 heterocycles. The summed E-state index contributed by atoms with van der Waals surface area (Å²) in [6.45, 7) is 8.07. The Hall–Kier alpha value is -0.120. The smallest absolute Gasteiger partial charge is 0.0477 e. The van der Waals surface area contributed by atoms with E-state index in [1.165, 1.54) is 110 Å². The van der Waals surface area contributed by atoms with E-state index in [9.17, 15) is 5.11 Å². The van der Waals surface area contributed by atoms with Crippen molar-refractivity contribution in [2.45, 2.75) is 77.0 Å². The topological polar surface area (TPSA) is 26.7 Å². The molecule has 0 aromatic heterocycles. The van der Waals surface area contributed by atoms with Gasteiger partial charge in [0.15, 0.2) is 0 Å². The molecule has 26 heavy (non-hydrogen) atoms. The summed E-state index contributed by atoms with van der Waals surface area (Å²) in [6.07, 6.45) is 17.2. The first-order chi connectivity index (χ1) is 12.8. The molecule has 2 aliphatic carbocycles. The SMILES string of the molecule is OCC1CN(CC2CCCCC2)CC12CCN(CC1CCCCC1)CC2. The van der Waals surface area contributed by atoms with Gasteiger partial charge in [-0.1, -0.05) is 38.5 Å². The molecule has 0 bridgehead atoms. The van der Waals surface area contributed by atoms with Crippen molar-refractivity contribution in [3.63, 3.8) is 0 Å². The molecule has 2 aliphatic heterocycles. The van der Waals surface area contributed by atoms with Crippen LogP contribution in [0.3, 0.4) is 0 Å². The average molecular weight is 363 g/mol. The Morgan fingerprint density at radius 2 is 1.27 bits per heavy atom. The Bertz CT molecular complexity index is 420. The van der Waals surface area contributed by atoms with Gasteiger partial charge in [-0.05, 0) is 68.9 Å². The molecule has 1 spiro atoms. The zero-order chi connectivity index (χ0) is 17.8. The molecule has 150 valence electrons. The largest absolute Gasteiger partial charge is 0.396 e. The molecule has 4 aliphatic rings. The lowest BCUT2D eigenvalue weighted by Crippen LogP contribution is -2.46. The summed E-state index contributed by atoms with van der Waals surface area (Å²) in [5.41, 5.74) is 0.423. The quantitative estimate of drug-likeness (QED) is 0.796. The van der Waals surface area contributed by atoms with Crippen molar-refractivity contribution in [2.24, 2.45) is 23.2 Å². The maximum atomic E-state index is 10.1. The van der Waals surface area contributed by atoms with Crippen molar-refractivity contribution in [2.75, 3.05) is 45.9 Å². The maximum Gasteiger partial charge on any atom is 0.0477 e. The van der Waals surface area contributed by atoms with Crippen molar-refractivity contribution in [3.05, 3.63) is 0 Å². The normalized spacial score (nSPS) is 32.4. The van der Waals surface area contributed by atoms with Crippen molar-refractivity contribution in [1.29, 1.82) is 0 Å². The monoisotopic (exact) mass is 362 g/mol. The summed E-state index contributed by atoms with van der Waals surface area (Å²) in [5, 5.41) is 10.1. The minimum Gasteiger partial charge on any atom is -0.396 e. The molecule has 4 fully saturated rings. The summed E-state index contributed by atoms with van der Waals surface area (Å²) in [4.78, 5) is 5.51. The molecule has 0 aromatic carbocycles. The zero-order valence-corrected chi connectivity index (χ0v) is 17.0. The first kappa shape index (κ1) is 19.2. The Morgan fingerprint density at radius 3 is 1.81 bits per heavy atom. The van der Waals surface area contributed by atoms with Gasteiger partial charge in [-0.2, -0.15) is 0 Å². The fourth-order valence-electron chi connectivity index (χ4n) is 6.75. The fourth-order valence-corrected chi connectivity index (χ4v) is 6.75. The van der Waals surface area contributed by atoms with Crippen LogP contribution in [0.25, 0.3) is 0 Å². The van der Waals surface area contributed by atoms with Crippen LogP contribution in [-0.2, 0) is 0 Å². The number of piperidine rings is 1. The molecular weight excluding hydrogens is 320 g/mol. The minimum atomic E-state index is 0.407. The highest BCUT2D eigenvalue weighted by atomic mass is 16.3. The highest BCUT2D eigenvalue weighted by Crippen LogP contribution is 2.45. The van der Waals surface area contributed by atoms with Gasteiger partial charge in [0.1, 0.15) is 0 Å². The van der Waals surface area contributed by atoms with E-state index < -0.39 is 0 Å². The van der Waals surface area contributed by atoms with Crippen LogP contribution < -0.4 is 0 Å². The number of rotatable bonds is 5. The molecule has 1 unspecified atom stereocenters. The molecule has 2 saturated carbocycles. The van der Waals surface area contributed by atoms with E-state index in [-0.39, 0.29) is 0 Å². The third-order valence-electron chi connectivity index (χ3n) is 8.44. The van der Waals surface area contributed by atoms with Gasteiger partial charge in [0.25, 0.3) is 0 Å². The van der Waals surface area contributed by atoms with Gasteiger partial charge in [0.2, 0.25) is 0 Å².